The summed E-state index contributed by atoms with van der Waals surface area (Å²) in [5.41, 5.74) is -1.09. The number of unbranched alkanes of at least 4 members (excludes halogenated alkanes) is 2. The molecule has 0 aromatic heterocycles. The Morgan fingerprint density at radius 2 is 2.28 bits per heavy atom. The third kappa shape index (κ3) is 1.74. The highest BCUT2D eigenvalue weighted by atomic mass is 16.6. The Bertz CT molecular complexity index is 374. The number of hydrogen-bond donors (Lipinski definition) is 0. The summed E-state index contributed by atoms with van der Waals surface area (Å²) < 4.78 is 9.96. The molecule has 3 atom stereocenters. The lowest BCUT2D eigenvalue weighted by Gasteiger charge is -2.28. The van der Waals surface area contributed by atoms with Gasteiger partial charge in [0.05, 0.1) is 13.7 Å². The molecule has 0 amide bonds. The molecule has 1 aliphatic heterocycles. The molecule has 0 bridgehead atoms. The van der Waals surface area contributed by atoms with Crippen molar-refractivity contribution >= 4 is 11.9 Å². The maximum atomic E-state index is 12.1. The number of carbonyl (C=O) groups excluding carboxylic acids is 2. The third-order valence-electron chi connectivity index (χ3n) is 4.12. The third-order valence-corrected chi connectivity index (χ3v) is 4.12. The van der Waals surface area contributed by atoms with Crippen LogP contribution < -0.4 is 0 Å². The van der Waals surface area contributed by atoms with Crippen LogP contribution in [0.5, 0.6) is 0 Å². The van der Waals surface area contributed by atoms with Crippen molar-refractivity contribution in [3.63, 3.8) is 0 Å². The van der Waals surface area contributed by atoms with Gasteiger partial charge in [0.25, 0.3) is 0 Å². The molecular formula is C14H20O4. The highest BCUT2D eigenvalue weighted by Crippen LogP contribution is 2.51. The van der Waals surface area contributed by atoms with E-state index in [2.05, 4.69) is 6.92 Å². The van der Waals surface area contributed by atoms with Gasteiger partial charge in [-0.25, -0.2) is 0 Å². The van der Waals surface area contributed by atoms with Gasteiger partial charge in [0.2, 0.25) is 0 Å². The topological polar surface area (TPSA) is 52.6 Å². The summed E-state index contributed by atoms with van der Waals surface area (Å²) in [5.74, 6) is -1.08. The highest BCUT2D eigenvalue weighted by molar-refractivity contribution is 6.03. The van der Waals surface area contributed by atoms with Crippen LogP contribution in [0.4, 0.5) is 0 Å². The molecule has 0 unspecified atom stereocenters. The van der Waals surface area contributed by atoms with Gasteiger partial charge in [-0.2, -0.15) is 0 Å². The lowest BCUT2D eigenvalue weighted by atomic mass is 9.71. The molecule has 0 aromatic carbocycles. The van der Waals surface area contributed by atoms with Gasteiger partial charge < -0.3 is 9.47 Å². The molecule has 4 nitrogen and oxygen atoms in total. The summed E-state index contributed by atoms with van der Waals surface area (Å²) in [6, 6.07) is 0. The second kappa shape index (κ2) is 5.12. The molecule has 1 heterocycles. The fourth-order valence-corrected chi connectivity index (χ4v) is 3.11. The predicted octanol–water partition coefficient (Wildman–Crippen LogP) is 2.09. The van der Waals surface area contributed by atoms with E-state index >= 15 is 0 Å². The molecule has 2 aliphatic rings. The van der Waals surface area contributed by atoms with Gasteiger partial charge in [0.1, 0.15) is 0 Å². The van der Waals surface area contributed by atoms with E-state index in [1.807, 2.05) is 12.2 Å². The summed E-state index contributed by atoms with van der Waals surface area (Å²) in [6.45, 7) is 2.43. The minimum atomic E-state index is -1.09. The Labute approximate surface area is 107 Å². The Morgan fingerprint density at radius 3 is 2.94 bits per heavy atom. The average molecular weight is 252 g/mol. The fourth-order valence-electron chi connectivity index (χ4n) is 3.11. The van der Waals surface area contributed by atoms with Crippen LogP contribution in [0.2, 0.25) is 0 Å². The Hall–Kier alpha value is -1.32. The van der Waals surface area contributed by atoms with Crippen molar-refractivity contribution in [3.8, 4) is 0 Å². The molecule has 100 valence electrons. The number of methoxy groups -OCH3 is 1. The van der Waals surface area contributed by atoms with Crippen molar-refractivity contribution in [2.24, 2.45) is 17.3 Å². The summed E-state index contributed by atoms with van der Waals surface area (Å²) in [7, 11) is 1.33. The van der Waals surface area contributed by atoms with Crippen molar-refractivity contribution in [1.29, 1.82) is 0 Å². The van der Waals surface area contributed by atoms with Gasteiger partial charge in [-0.15, -0.1) is 0 Å². The molecule has 0 saturated carbocycles. The molecule has 0 aromatic rings. The summed E-state index contributed by atoms with van der Waals surface area (Å²) >= 11 is 0. The van der Waals surface area contributed by atoms with Gasteiger partial charge in [-0.3, -0.25) is 9.59 Å². The molecule has 1 fully saturated rings. The van der Waals surface area contributed by atoms with Crippen molar-refractivity contribution in [2.75, 3.05) is 13.7 Å². The molecule has 1 aliphatic carbocycles. The Kier molecular flexibility index (Phi) is 3.73. The number of esters is 2. The van der Waals surface area contributed by atoms with E-state index in [4.69, 9.17) is 9.47 Å². The Balaban J connectivity index is 2.21. The molecule has 18 heavy (non-hydrogen) atoms. The number of hydrogen-bond acceptors (Lipinski definition) is 4. The first-order valence-electron chi connectivity index (χ1n) is 6.61. The van der Waals surface area contributed by atoms with Crippen LogP contribution in [0, 0.1) is 17.3 Å². The van der Waals surface area contributed by atoms with Crippen LogP contribution in [0.1, 0.15) is 32.6 Å². The molecule has 4 heteroatoms. The van der Waals surface area contributed by atoms with Crippen LogP contribution in [-0.4, -0.2) is 25.7 Å². The molecule has 2 rings (SSSR count). The molecule has 0 spiro atoms. The predicted molar refractivity (Wildman–Crippen MR) is 65.7 cm³/mol. The average Bonchev–Trinajstić information content (AvgIpc) is 2.89. The van der Waals surface area contributed by atoms with Gasteiger partial charge >= 0.3 is 11.9 Å². The van der Waals surface area contributed by atoms with Gasteiger partial charge in [0.15, 0.2) is 5.41 Å². The van der Waals surface area contributed by atoms with E-state index in [-0.39, 0.29) is 11.8 Å². The maximum Gasteiger partial charge on any atom is 0.324 e. The first-order valence-corrected chi connectivity index (χ1v) is 6.61. The first kappa shape index (κ1) is 13.1. The quantitative estimate of drug-likeness (QED) is 0.325. The fraction of sp³-hybridized carbons (Fsp3) is 0.714. The van der Waals surface area contributed by atoms with E-state index < -0.39 is 17.4 Å². The SMILES string of the molecule is CCCCC[C@H]1C=C[C@H]2COC(=O)[C@@]12C(=O)OC. The zero-order chi connectivity index (χ0) is 13.2. The Morgan fingerprint density at radius 1 is 1.50 bits per heavy atom. The van der Waals surface area contributed by atoms with Gasteiger partial charge in [-0.1, -0.05) is 38.3 Å². The minimum absolute atomic E-state index is 0.0727. The smallest absolute Gasteiger partial charge is 0.324 e. The van der Waals surface area contributed by atoms with Crippen molar-refractivity contribution < 1.29 is 19.1 Å². The van der Waals surface area contributed by atoms with Crippen LogP contribution >= 0.6 is 0 Å². The van der Waals surface area contributed by atoms with Crippen molar-refractivity contribution in [2.45, 2.75) is 32.6 Å². The van der Waals surface area contributed by atoms with Crippen molar-refractivity contribution in [3.05, 3.63) is 12.2 Å². The summed E-state index contributed by atoms with van der Waals surface area (Å²) in [4.78, 5) is 24.2. The maximum absolute atomic E-state index is 12.1. The largest absolute Gasteiger partial charge is 0.468 e. The summed E-state index contributed by atoms with van der Waals surface area (Å²) in [6.07, 6.45) is 8.03. The molecular weight excluding hydrogens is 232 g/mol. The van der Waals surface area contributed by atoms with Crippen LogP contribution in [0.25, 0.3) is 0 Å². The van der Waals surface area contributed by atoms with Crippen molar-refractivity contribution in [1.82, 2.24) is 0 Å². The van der Waals surface area contributed by atoms with E-state index in [9.17, 15) is 9.59 Å². The number of ether oxygens (including phenoxy) is 2. The van der Waals surface area contributed by atoms with E-state index in [0.29, 0.717) is 6.61 Å². The van der Waals surface area contributed by atoms with Gasteiger partial charge in [-0.05, 0) is 6.42 Å². The van der Waals surface area contributed by atoms with E-state index in [0.717, 1.165) is 25.7 Å². The number of carbonyl (C=O) groups is 2. The zero-order valence-electron chi connectivity index (χ0n) is 11.0. The highest BCUT2D eigenvalue weighted by Gasteiger charge is 2.64. The molecule has 1 saturated heterocycles. The second-order valence-corrected chi connectivity index (χ2v) is 5.05. The lowest BCUT2D eigenvalue weighted by molar-refractivity contribution is -0.166. The van der Waals surface area contributed by atoms with Crippen LogP contribution in [0.3, 0.4) is 0 Å². The monoisotopic (exact) mass is 252 g/mol. The summed E-state index contributed by atoms with van der Waals surface area (Å²) in [5, 5.41) is 0. The zero-order valence-corrected chi connectivity index (χ0v) is 11.0. The minimum Gasteiger partial charge on any atom is -0.468 e. The number of cyclic esters (lactones) is 1. The number of rotatable bonds is 5. The normalized spacial score (nSPS) is 33.3. The lowest BCUT2D eigenvalue weighted by Crippen LogP contribution is -2.44. The second-order valence-electron chi connectivity index (χ2n) is 5.05. The first-order chi connectivity index (χ1) is 8.67. The standard InChI is InChI=1S/C14H20O4/c1-3-4-5-6-10-7-8-11-9-18-13(16)14(10,11)12(15)17-2/h7-8,10-11H,3-6,9H2,1-2H3/t10-,11-,14-/m0/s1. The number of allylic oxidation sites excluding steroid dienone is 1. The van der Waals surface area contributed by atoms with Crippen LogP contribution in [0.15, 0.2) is 12.2 Å². The van der Waals surface area contributed by atoms with Crippen LogP contribution in [-0.2, 0) is 19.1 Å². The van der Waals surface area contributed by atoms with Gasteiger partial charge in [0, 0.05) is 11.8 Å². The molecule has 0 N–H and O–H groups in total. The molecule has 0 radical (unpaired) electrons. The van der Waals surface area contributed by atoms with E-state index in [1.54, 1.807) is 0 Å². The van der Waals surface area contributed by atoms with E-state index in [1.165, 1.54) is 7.11 Å². The number of fused-ring (bicyclic) bond motifs is 1.